The van der Waals surface area contributed by atoms with Crippen LogP contribution in [0.15, 0.2) is 48.8 Å². The lowest BCUT2D eigenvalue weighted by atomic mass is 10.1. The number of nitrogens with zero attached hydrogens (tertiary/aromatic N) is 5. The van der Waals surface area contributed by atoms with Crippen molar-refractivity contribution >= 4 is 32.6 Å². The molecule has 0 radical (unpaired) electrons. The van der Waals surface area contributed by atoms with Crippen molar-refractivity contribution in [1.29, 1.82) is 0 Å². The summed E-state index contributed by atoms with van der Waals surface area (Å²) in [6, 6.07) is 11.9. The van der Waals surface area contributed by atoms with E-state index >= 15 is 0 Å². The lowest BCUT2D eigenvalue weighted by molar-refractivity contribution is 0.0979. The molecule has 3 heterocycles. The topological polar surface area (TPSA) is 63.9 Å². The second-order valence-electron chi connectivity index (χ2n) is 6.85. The number of thiazole rings is 1. The lowest BCUT2D eigenvalue weighted by Crippen LogP contribution is -2.30. The van der Waals surface area contributed by atoms with E-state index in [4.69, 9.17) is 4.98 Å². The zero-order valence-electron chi connectivity index (χ0n) is 16.8. The molecule has 0 aliphatic carbocycles. The third kappa shape index (κ3) is 3.78. The molecule has 6 nitrogen and oxygen atoms in total. The van der Waals surface area contributed by atoms with Crippen LogP contribution in [-0.4, -0.2) is 25.7 Å². The third-order valence-electron chi connectivity index (χ3n) is 4.91. The summed E-state index contributed by atoms with van der Waals surface area (Å²) >= 11 is 1.53. The van der Waals surface area contributed by atoms with Crippen molar-refractivity contribution < 1.29 is 4.79 Å². The van der Waals surface area contributed by atoms with E-state index in [1.165, 1.54) is 16.9 Å². The van der Waals surface area contributed by atoms with E-state index in [1.54, 1.807) is 17.3 Å². The molecule has 3 aromatic heterocycles. The molecule has 0 N–H and O–H groups in total. The van der Waals surface area contributed by atoms with Crippen molar-refractivity contribution in [2.24, 2.45) is 0 Å². The fourth-order valence-electron chi connectivity index (χ4n) is 3.37. The molecule has 148 valence electrons. The highest BCUT2D eigenvalue weighted by atomic mass is 32.1. The van der Waals surface area contributed by atoms with Crippen LogP contribution in [0.25, 0.3) is 10.2 Å². The Balaban J connectivity index is 1.78. The fraction of sp³-hybridized carbons (Fsp3) is 0.273. The Morgan fingerprint density at radius 3 is 2.76 bits per heavy atom. The number of para-hydroxylation sites is 1. The SMILES string of the molecule is CCc1cccc2sc(N(Cc3cccnc3)C(=O)c3cc(C)n(CC)n3)nc12. The Morgan fingerprint density at radius 2 is 2.07 bits per heavy atom. The van der Waals surface area contributed by atoms with Gasteiger partial charge in [0.25, 0.3) is 5.91 Å². The zero-order chi connectivity index (χ0) is 20.4. The molecule has 0 saturated carbocycles. The Morgan fingerprint density at radius 1 is 1.21 bits per heavy atom. The van der Waals surface area contributed by atoms with Crippen LogP contribution < -0.4 is 4.90 Å². The summed E-state index contributed by atoms with van der Waals surface area (Å²) in [4.78, 5) is 24.2. The number of pyridine rings is 1. The number of hydrogen-bond donors (Lipinski definition) is 0. The predicted molar refractivity (Wildman–Crippen MR) is 116 cm³/mol. The normalized spacial score (nSPS) is 11.1. The van der Waals surface area contributed by atoms with Gasteiger partial charge < -0.3 is 0 Å². The molecule has 0 aliphatic rings. The van der Waals surface area contributed by atoms with Gasteiger partial charge in [-0.2, -0.15) is 5.10 Å². The van der Waals surface area contributed by atoms with E-state index in [0.717, 1.165) is 34.4 Å². The summed E-state index contributed by atoms with van der Waals surface area (Å²) in [5.74, 6) is -0.152. The summed E-state index contributed by atoms with van der Waals surface area (Å²) in [7, 11) is 0. The van der Waals surface area contributed by atoms with E-state index in [0.29, 0.717) is 17.4 Å². The Hall–Kier alpha value is -3.06. The van der Waals surface area contributed by atoms with Crippen LogP contribution in [0.5, 0.6) is 0 Å². The zero-order valence-corrected chi connectivity index (χ0v) is 17.6. The largest absolute Gasteiger partial charge is 0.280 e. The Labute approximate surface area is 173 Å². The van der Waals surface area contributed by atoms with E-state index in [1.807, 2.05) is 42.8 Å². The quantitative estimate of drug-likeness (QED) is 0.469. The highest BCUT2D eigenvalue weighted by molar-refractivity contribution is 7.22. The summed E-state index contributed by atoms with van der Waals surface area (Å²) in [5, 5.41) is 5.17. The molecule has 4 rings (SSSR count). The van der Waals surface area contributed by atoms with Gasteiger partial charge in [-0.25, -0.2) is 4.98 Å². The second kappa shape index (κ2) is 8.13. The maximum atomic E-state index is 13.5. The van der Waals surface area contributed by atoms with Crippen LogP contribution in [0.4, 0.5) is 5.13 Å². The van der Waals surface area contributed by atoms with E-state index in [2.05, 4.69) is 29.1 Å². The molecular formula is C22H23N5OS. The maximum absolute atomic E-state index is 13.5. The smallest absolute Gasteiger partial charge is 0.278 e. The average molecular weight is 406 g/mol. The van der Waals surface area contributed by atoms with Crippen molar-refractivity contribution in [1.82, 2.24) is 19.7 Å². The van der Waals surface area contributed by atoms with Gasteiger partial charge in [0.1, 0.15) is 0 Å². The number of hydrogen-bond acceptors (Lipinski definition) is 5. The molecule has 0 saturated heterocycles. The summed E-state index contributed by atoms with van der Waals surface area (Å²) in [6.07, 6.45) is 4.41. The minimum Gasteiger partial charge on any atom is -0.278 e. The van der Waals surface area contributed by atoms with Crippen molar-refractivity contribution in [3.05, 3.63) is 71.3 Å². The van der Waals surface area contributed by atoms with Crippen LogP contribution in [0.3, 0.4) is 0 Å². The monoisotopic (exact) mass is 405 g/mol. The van der Waals surface area contributed by atoms with Gasteiger partial charge in [0.15, 0.2) is 10.8 Å². The third-order valence-corrected chi connectivity index (χ3v) is 5.96. The molecule has 0 spiro atoms. The summed E-state index contributed by atoms with van der Waals surface area (Å²) in [5.41, 5.74) is 4.50. The van der Waals surface area contributed by atoms with Gasteiger partial charge in [0, 0.05) is 24.6 Å². The number of fused-ring (bicyclic) bond motifs is 1. The number of amides is 1. The van der Waals surface area contributed by atoms with Gasteiger partial charge in [0.05, 0.1) is 16.8 Å². The van der Waals surface area contributed by atoms with Crippen LogP contribution >= 0.6 is 11.3 Å². The van der Waals surface area contributed by atoms with Crippen molar-refractivity contribution in [3.8, 4) is 0 Å². The molecule has 7 heteroatoms. The number of rotatable bonds is 6. The molecule has 0 bridgehead atoms. The fourth-order valence-corrected chi connectivity index (χ4v) is 4.38. The minimum absolute atomic E-state index is 0.152. The summed E-state index contributed by atoms with van der Waals surface area (Å²) < 4.78 is 2.92. The highest BCUT2D eigenvalue weighted by Gasteiger charge is 2.25. The van der Waals surface area contributed by atoms with Gasteiger partial charge in [0.2, 0.25) is 0 Å². The van der Waals surface area contributed by atoms with Gasteiger partial charge in [-0.15, -0.1) is 0 Å². The number of carbonyl (C=O) groups excluding carboxylic acids is 1. The lowest BCUT2D eigenvalue weighted by Gasteiger charge is -2.18. The molecule has 0 unspecified atom stereocenters. The Kier molecular flexibility index (Phi) is 5.40. The van der Waals surface area contributed by atoms with Crippen molar-refractivity contribution in [2.45, 2.75) is 40.3 Å². The van der Waals surface area contributed by atoms with Gasteiger partial charge >= 0.3 is 0 Å². The molecule has 0 atom stereocenters. The summed E-state index contributed by atoms with van der Waals surface area (Å²) in [6.45, 7) is 7.21. The number of carbonyl (C=O) groups is 1. The van der Waals surface area contributed by atoms with Gasteiger partial charge in [-0.3, -0.25) is 19.4 Å². The molecule has 1 aromatic carbocycles. The first-order chi connectivity index (χ1) is 14.1. The maximum Gasteiger partial charge on any atom is 0.280 e. The number of benzene rings is 1. The van der Waals surface area contributed by atoms with E-state index < -0.39 is 0 Å². The molecule has 1 amide bonds. The van der Waals surface area contributed by atoms with Crippen LogP contribution in [-0.2, 0) is 19.5 Å². The number of anilines is 1. The molecule has 29 heavy (non-hydrogen) atoms. The highest BCUT2D eigenvalue weighted by Crippen LogP contribution is 2.32. The molecular weight excluding hydrogens is 382 g/mol. The van der Waals surface area contributed by atoms with Gasteiger partial charge in [-0.1, -0.05) is 36.5 Å². The number of aryl methyl sites for hydroxylation is 3. The first-order valence-corrected chi connectivity index (χ1v) is 10.6. The Bertz CT molecular complexity index is 1150. The molecule has 0 fully saturated rings. The molecule has 0 aliphatic heterocycles. The standard InChI is InChI=1S/C22H23N5OS/c1-4-17-9-6-10-19-20(17)24-22(29-19)26(14-16-8-7-11-23-13-16)21(28)18-12-15(3)27(5-2)25-18/h6-13H,4-5,14H2,1-3H3. The van der Waals surface area contributed by atoms with E-state index in [9.17, 15) is 4.79 Å². The van der Waals surface area contributed by atoms with Crippen LogP contribution in [0.1, 0.15) is 41.2 Å². The second-order valence-corrected chi connectivity index (χ2v) is 7.86. The first kappa shape index (κ1) is 19.3. The minimum atomic E-state index is -0.152. The van der Waals surface area contributed by atoms with Crippen molar-refractivity contribution in [3.63, 3.8) is 0 Å². The number of aromatic nitrogens is 4. The van der Waals surface area contributed by atoms with Crippen molar-refractivity contribution in [2.75, 3.05) is 4.90 Å². The molecule has 4 aromatic rings. The van der Waals surface area contributed by atoms with Gasteiger partial charge in [-0.05, 0) is 49.6 Å². The van der Waals surface area contributed by atoms with Crippen LogP contribution in [0, 0.1) is 6.92 Å². The van der Waals surface area contributed by atoms with E-state index in [-0.39, 0.29) is 5.91 Å². The predicted octanol–water partition coefficient (Wildman–Crippen LogP) is 4.63. The average Bonchev–Trinajstić information content (AvgIpc) is 3.35. The van der Waals surface area contributed by atoms with Crippen LogP contribution in [0.2, 0.25) is 0 Å². The first-order valence-electron chi connectivity index (χ1n) is 9.74.